The second-order valence-electron chi connectivity index (χ2n) is 6.76. The SMILES string of the molecule is Fc1ccc(N2CCN(Cc3cccc(Cn4cccn4)c3)CC2)cc1. The molecule has 0 saturated carbocycles. The van der Waals surface area contributed by atoms with Crippen LogP contribution in [0, 0.1) is 5.82 Å². The number of hydrogen-bond donors (Lipinski definition) is 0. The van der Waals surface area contributed by atoms with Gasteiger partial charge >= 0.3 is 0 Å². The topological polar surface area (TPSA) is 24.3 Å². The van der Waals surface area contributed by atoms with Crippen LogP contribution in [0.4, 0.5) is 10.1 Å². The van der Waals surface area contributed by atoms with E-state index >= 15 is 0 Å². The first-order valence-corrected chi connectivity index (χ1v) is 9.04. The molecule has 0 radical (unpaired) electrons. The van der Waals surface area contributed by atoms with Gasteiger partial charge in [0.05, 0.1) is 6.54 Å². The molecule has 0 aliphatic carbocycles. The van der Waals surface area contributed by atoms with Crippen LogP contribution >= 0.6 is 0 Å². The van der Waals surface area contributed by atoms with E-state index in [0.29, 0.717) is 0 Å². The third kappa shape index (κ3) is 4.11. The van der Waals surface area contributed by atoms with Crippen LogP contribution < -0.4 is 4.90 Å². The average molecular weight is 350 g/mol. The maximum absolute atomic E-state index is 13.1. The van der Waals surface area contributed by atoms with Crippen LogP contribution in [-0.2, 0) is 13.1 Å². The van der Waals surface area contributed by atoms with Gasteiger partial charge in [0.2, 0.25) is 0 Å². The van der Waals surface area contributed by atoms with Gasteiger partial charge in [-0.1, -0.05) is 24.3 Å². The Morgan fingerprint density at radius 3 is 2.27 bits per heavy atom. The highest BCUT2D eigenvalue weighted by Crippen LogP contribution is 2.18. The highest BCUT2D eigenvalue weighted by molar-refractivity contribution is 5.46. The monoisotopic (exact) mass is 350 g/mol. The summed E-state index contributed by atoms with van der Waals surface area (Å²) in [6, 6.07) is 17.5. The van der Waals surface area contributed by atoms with Crippen LogP contribution in [0.25, 0.3) is 0 Å². The molecule has 0 bridgehead atoms. The second-order valence-corrected chi connectivity index (χ2v) is 6.76. The molecule has 1 aromatic heterocycles. The molecule has 0 atom stereocenters. The molecule has 5 heteroatoms. The zero-order valence-electron chi connectivity index (χ0n) is 14.8. The fraction of sp³-hybridized carbons (Fsp3) is 0.286. The first-order chi connectivity index (χ1) is 12.8. The Hall–Kier alpha value is -2.66. The molecule has 0 amide bonds. The standard InChI is InChI=1S/C21H23FN4/c22-20-5-7-21(8-6-20)25-13-11-24(12-14-25)16-18-3-1-4-19(15-18)17-26-10-2-9-23-26/h1-10,15H,11-14,16-17H2. The Morgan fingerprint density at radius 1 is 0.846 bits per heavy atom. The van der Waals surface area contributed by atoms with E-state index in [9.17, 15) is 4.39 Å². The quantitative estimate of drug-likeness (QED) is 0.705. The lowest BCUT2D eigenvalue weighted by Gasteiger charge is -2.36. The van der Waals surface area contributed by atoms with Crippen molar-refractivity contribution >= 4 is 5.69 Å². The van der Waals surface area contributed by atoms with E-state index in [1.54, 1.807) is 0 Å². The molecule has 1 aliphatic rings. The second kappa shape index (κ2) is 7.70. The van der Waals surface area contributed by atoms with Crippen LogP contribution in [0.1, 0.15) is 11.1 Å². The number of anilines is 1. The van der Waals surface area contributed by atoms with Gasteiger partial charge in [-0.05, 0) is 41.5 Å². The summed E-state index contributed by atoms with van der Waals surface area (Å²) in [4.78, 5) is 4.80. The van der Waals surface area contributed by atoms with E-state index in [0.717, 1.165) is 45.0 Å². The fourth-order valence-corrected chi connectivity index (χ4v) is 3.48. The molecule has 1 saturated heterocycles. The zero-order valence-corrected chi connectivity index (χ0v) is 14.8. The van der Waals surface area contributed by atoms with Crippen LogP contribution in [0.3, 0.4) is 0 Å². The molecule has 26 heavy (non-hydrogen) atoms. The van der Waals surface area contributed by atoms with E-state index in [2.05, 4.69) is 39.2 Å². The summed E-state index contributed by atoms with van der Waals surface area (Å²) >= 11 is 0. The van der Waals surface area contributed by atoms with Gasteiger partial charge in [0.25, 0.3) is 0 Å². The summed E-state index contributed by atoms with van der Waals surface area (Å²) in [6.07, 6.45) is 3.80. The van der Waals surface area contributed by atoms with E-state index < -0.39 is 0 Å². The Labute approximate surface area is 153 Å². The van der Waals surface area contributed by atoms with E-state index in [1.165, 1.54) is 23.3 Å². The summed E-state index contributed by atoms with van der Waals surface area (Å²) in [6.45, 7) is 5.74. The number of hydrogen-bond acceptors (Lipinski definition) is 3. The third-order valence-corrected chi connectivity index (χ3v) is 4.87. The smallest absolute Gasteiger partial charge is 0.123 e. The molecule has 3 aromatic rings. The third-order valence-electron chi connectivity index (χ3n) is 4.87. The lowest BCUT2D eigenvalue weighted by molar-refractivity contribution is 0.250. The Morgan fingerprint density at radius 2 is 1.58 bits per heavy atom. The van der Waals surface area contributed by atoms with Crippen molar-refractivity contribution in [3.63, 3.8) is 0 Å². The van der Waals surface area contributed by atoms with E-state index in [1.807, 2.05) is 35.3 Å². The van der Waals surface area contributed by atoms with Gasteiger partial charge in [0.1, 0.15) is 5.82 Å². The number of benzene rings is 2. The van der Waals surface area contributed by atoms with Gasteiger partial charge < -0.3 is 4.90 Å². The first kappa shape index (κ1) is 16.8. The predicted molar refractivity (Wildman–Crippen MR) is 102 cm³/mol. The van der Waals surface area contributed by atoms with Crippen molar-refractivity contribution in [3.8, 4) is 0 Å². The molecule has 0 unspecified atom stereocenters. The minimum absolute atomic E-state index is 0.178. The summed E-state index contributed by atoms with van der Waals surface area (Å²) in [5.74, 6) is -0.178. The summed E-state index contributed by atoms with van der Waals surface area (Å²) < 4.78 is 15.0. The zero-order chi connectivity index (χ0) is 17.8. The van der Waals surface area contributed by atoms with Crippen LogP contribution in [0.15, 0.2) is 67.0 Å². The maximum atomic E-state index is 13.1. The highest BCUT2D eigenvalue weighted by Gasteiger charge is 2.17. The normalized spacial score (nSPS) is 15.3. The van der Waals surface area contributed by atoms with Gasteiger partial charge in [-0.15, -0.1) is 0 Å². The molecule has 1 aliphatic heterocycles. The molecule has 2 aromatic carbocycles. The molecule has 134 valence electrons. The summed E-state index contributed by atoms with van der Waals surface area (Å²) in [5, 5.41) is 4.28. The van der Waals surface area contributed by atoms with Crippen LogP contribution in [0.5, 0.6) is 0 Å². The average Bonchev–Trinajstić information content (AvgIpc) is 3.16. The van der Waals surface area contributed by atoms with Crippen molar-refractivity contribution < 1.29 is 4.39 Å². The lowest BCUT2D eigenvalue weighted by Crippen LogP contribution is -2.45. The maximum Gasteiger partial charge on any atom is 0.123 e. The van der Waals surface area contributed by atoms with Crippen LogP contribution in [0.2, 0.25) is 0 Å². The number of aromatic nitrogens is 2. The largest absolute Gasteiger partial charge is 0.369 e. The van der Waals surface area contributed by atoms with Gasteiger partial charge in [-0.2, -0.15) is 5.10 Å². The Bertz CT molecular complexity index is 821. The fourth-order valence-electron chi connectivity index (χ4n) is 3.48. The van der Waals surface area contributed by atoms with Crippen molar-refractivity contribution in [2.24, 2.45) is 0 Å². The van der Waals surface area contributed by atoms with Gasteiger partial charge in [0.15, 0.2) is 0 Å². The summed E-state index contributed by atoms with van der Waals surface area (Å²) in [7, 11) is 0. The van der Waals surface area contributed by atoms with E-state index in [-0.39, 0.29) is 5.82 Å². The van der Waals surface area contributed by atoms with Crippen molar-refractivity contribution in [1.82, 2.24) is 14.7 Å². The molecular weight excluding hydrogens is 327 g/mol. The van der Waals surface area contributed by atoms with Crippen LogP contribution in [-0.4, -0.2) is 40.9 Å². The van der Waals surface area contributed by atoms with Crippen molar-refractivity contribution in [2.75, 3.05) is 31.1 Å². The molecule has 1 fully saturated rings. The van der Waals surface area contributed by atoms with Gasteiger partial charge in [-0.25, -0.2) is 4.39 Å². The predicted octanol–water partition coefficient (Wildman–Crippen LogP) is 3.39. The first-order valence-electron chi connectivity index (χ1n) is 9.04. The van der Waals surface area contributed by atoms with Crippen molar-refractivity contribution in [2.45, 2.75) is 13.1 Å². The minimum atomic E-state index is -0.178. The number of halogens is 1. The van der Waals surface area contributed by atoms with Gasteiger partial charge in [0, 0.05) is 50.8 Å². The van der Waals surface area contributed by atoms with Crippen molar-refractivity contribution in [1.29, 1.82) is 0 Å². The highest BCUT2D eigenvalue weighted by atomic mass is 19.1. The van der Waals surface area contributed by atoms with Gasteiger partial charge in [-0.3, -0.25) is 9.58 Å². The number of rotatable bonds is 5. The summed E-state index contributed by atoms with van der Waals surface area (Å²) in [5.41, 5.74) is 3.72. The molecule has 0 N–H and O–H groups in total. The Kier molecular flexibility index (Phi) is 4.97. The molecule has 4 rings (SSSR count). The molecule has 2 heterocycles. The minimum Gasteiger partial charge on any atom is -0.369 e. The number of nitrogens with zero attached hydrogens (tertiary/aromatic N) is 4. The molecular formula is C21H23FN4. The molecule has 4 nitrogen and oxygen atoms in total. The lowest BCUT2D eigenvalue weighted by atomic mass is 10.1. The molecule has 0 spiro atoms. The van der Waals surface area contributed by atoms with E-state index in [4.69, 9.17) is 0 Å². The Balaban J connectivity index is 1.33. The number of piperazine rings is 1. The van der Waals surface area contributed by atoms with Crippen molar-refractivity contribution in [3.05, 3.63) is 83.9 Å².